The first kappa shape index (κ1) is 15.3. The van der Waals surface area contributed by atoms with Crippen LogP contribution in [0, 0.1) is 5.82 Å². The predicted octanol–water partition coefficient (Wildman–Crippen LogP) is 2.06. The quantitative estimate of drug-likeness (QED) is 0.778. The smallest absolute Gasteiger partial charge is 0.329 e. The first-order valence-corrected chi connectivity index (χ1v) is 7.06. The Bertz CT molecular complexity index is 510. The van der Waals surface area contributed by atoms with Crippen molar-refractivity contribution in [2.75, 3.05) is 6.54 Å². The molecule has 1 aromatic rings. The topological polar surface area (TPSA) is 78.4 Å². The van der Waals surface area contributed by atoms with Crippen molar-refractivity contribution in [1.82, 2.24) is 10.6 Å². The molecule has 0 saturated heterocycles. The van der Waals surface area contributed by atoms with Gasteiger partial charge in [-0.2, -0.15) is 0 Å². The molecule has 5 nitrogen and oxygen atoms in total. The van der Waals surface area contributed by atoms with E-state index < -0.39 is 17.5 Å². The van der Waals surface area contributed by atoms with E-state index in [9.17, 15) is 19.1 Å². The van der Waals surface area contributed by atoms with Gasteiger partial charge in [-0.25, -0.2) is 14.0 Å². The minimum absolute atomic E-state index is 0.297. The molecule has 21 heavy (non-hydrogen) atoms. The number of amides is 2. The van der Waals surface area contributed by atoms with Crippen LogP contribution in [0.3, 0.4) is 0 Å². The second kappa shape index (κ2) is 6.56. The van der Waals surface area contributed by atoms with Crippen molar-refractivity contribution in [3.63, 3.8) is 0 Å². The van der Waals surface area contributed by atoms with E-state index >= 15 is 0 Å². The number of benzene rings is 1. The van der Waals surface area contributed by atoms with Gasteiger partial charge in [0.15, 0.2) is 0 Å². The zero-order valence-corrected chi connectivity index (χ0v) is 11.7. The van der Waals surface area contributed by atoms with Gasteiger partial charge in [0.25, 0.3) is 0 Å². The Balaban J connectivity index is 1.79. The zero-order valence-electron chi connectivity index (χ0n) is 11.7. The summed E-state index contributed by atoms with van der Waals surface area (Å²) in [6.45, 7) is 0.368. The van der Waals surface area contributed by atoms with Crippen molar-refractivity contribution >= 4 is 12.0 Å². The van der Waals surface area contributed by atoms with Gasteiger partial charge in [0.1, 0.15) is 11.4 Å². The van der Waals surface area contributed by atoms with Gasteiger partial charge in [-0.3, -0.25) is 0 Å². The largest absolute Gasteiger partial charge is 0.480 e. The Morgan fingerprint density at radius 1 is 1.19 bits per heavy atom. The van der Waals surface area contributed by atoms with Gasteiger partial charge in [0.05, 0.1) is 0 Å². The summed E-state index contributed by atoms with van der Waals surface area (Å²) in [6, 6.07) is 5.58. The van der Waals surface area contributed by atoms with E-state index in [2.05, 4.69) is 10.6 Å². The second-order valence-electron chi connectivity index (χ2n) is 5.35. The molecule has 1 saturated carbocycles. The average Bonchev–Trinajstić information content (AvgIpc) is 2.91. The molecule has 1 aromatic carbocycles. The highest BCUT2D eigenvalue weighted by atomic mass is 19.1. The van der Waals surface area contributed by atoms with Crippen molar-refractivity contribution in [2.45, 2.75) is 37.6 Å². The van der Waals surface area contributed by atoms with Crippen molar-refractivity contribution in [1.29, 1.82) is 0 Å². The third-order valence-corrected chi connectivity index (χ3v) is 3.83. The standard InChI is InChI=1S/C15H19FN2O3/c16-12-5-3-11(4-6-12)7-10-17-14(21)18-15(13(19)20)8-1-2-9-15/h3-6H,1-2,7-10H2,(H,19,20)(H2,17,18,21). The average molecular weight is 294 g/mol. The van der Waals surface area contributed by atoms with Crippen molar-refractivity contribution in [3.05, 3.63) is 35.6 Å². The number of aliphatic carboxylic acids is 1. The lowest BCUT2D eigenvalue weighted by Gasteiger charge is -2.25. The number of nitrogens with one attached hydrogen (secondary N) is 2. The van der Waals surface area contributed by atoms with Crippen LogP contribution in [0.15, 0.2) is 24.3 Å². The van der Waals surface area contributed by atoms with Crippen molar-refractivity contribution in [3.8, 4) is 0 Å². The maximum absolute atomic E-state index is 12.7. The Labute approximate surface area is 122 Å². The summed E-state index contributed by atoms with van der Waals surface area (Å²) >= 11 is 0. The summed E-state index contributed by atoms with van der Waals surface area (Å²) in [6.07, 6.45) is 3.11. The lowest BCUT2D eigenvalue weighted by Crippen LogP contribution is -2.55. The lowest BCUT2D eigenvalue weighted by molar-refractivity contribution is -0.144. The van der Waals surface area contributed by atoms with Crippen LogP contribution in [-0.4, -0.2) is 29.2 Å². The molecule has 0 radical (unpaired) electrons. The highest BCUT2D eigenvalue weighted by Gasteiger charge is 2.42. The van der Waals surface area contributed by atoms with Gasteiger partial charge in [0, 0.05) is 6.54 Å². The SMILES string of the molecule is O=C(NCCc1ccc(F)cc1)NC1(C(=O)O)CCCC1. The molecular weight excluding hydrogens is 275 g/mol. The van der Waals surface area contributed by atoms with E-state index in [1.54, 1.807) is 12.1 Å². The fourth-order valence-corrected chi connectivity index (χ4v) is 2.60. The molecule has 1 fully saturated rings. The predicted molar refractivity (Wildman–Crippen MR) is 75.5 cm³/mol. The molecule has 2 amide bonds. The summed E-state index contributed by atoms with van der Waals surface area (Å²) in [7, 11) is 0. The summed E-state index contributed by atoms with van der Waals surface area (Å²) < 4.78 is 12.7. The van der Waals surface area contributed by atoms with Crippen LogP contribution in [0.25, 0.3) is 0 Å². The lowest BCUT2D eigenvalue weighted by atomic mass is 9.98. The van der Waals surface area contributed by atoms with Gasteiger partial charge >= 0.3 is 12.0 Å². The van der Waals surface area contributed by atoms with E-state index in [1.165, 1.54) is 12.1 Å². The number of carboxylic acids is 1. The molecule has 0 heterocycles. The first-order chi connectivity index (χ1) is 10.0. The Hall–Kier alpha value is -2.11. The normalized spacial score (nSPS) is 16.4. The maximum Gasteiger partial charge on any atom is 0.329 e. The molecular formula is C15H19FN2O3. The fraction of sp³-hybridized carbons (Fsp3) is 0.467. The first-order valence-electron chi connectivity index (χ1n) is 7.06. The van der Waals surface area contributed by atoms with Crippen LogP contribution < -0.4 is 10.6 Å². The van der Waals surface area contributed by atoms with Crippen LogP contribution in [0.5, 0.6) is 0 Å². The monoisotopic (exact) mass is 294 g/mol. The Morgan fingerprint density at radius 2 is 1.81 bits per heavy atom. The molecule has 0 unspecified atom stereocenters. The minimum atomic E-state index is -1.13. The third kappa shape index (κ3) is 3.93. The molecule has 3 N–H and O–H groups in total. The van der Waals surface area contributed by atoms with Crippen molar-refractivity contribution in [2.24, 2.45) is 0 Å². The van der Waals surface area contributed by atoms with Crippen molar-refractivity contribution < 1.29 is 19.1 Å². The number of hydrogen-bond acceptors (Lipinski definition) is 2. The van der Waals surface area contributed by atoms with Gasteiger partial charge < -0.3 is 15.7 Å². The molecule has 0 bridgehead atoms. The van der Waals surface area contributed by atoms with Gasteiger partial charge in [0.2, 0.25) is 0 Å². The number of hydrogen-bond donors (Lipinski definition) is 3. The number of urea groups is 1. The highest BCUT2D eigenvalue weighted by molar-refractivity contribution is 5.86. The fourth-order valence-electron chi connectivity index (χ4n) is 2.60. The zero-order chi connectivity index (χ0) is 15.3. The van der Waals surface area contributed by atoms with Crippen LogP contribution >= 0.6 is 0 Å². The van der Waals surface area contributed by atoms with E-state index in [1.807, 2.05) is 0 Å². The minimum Gasteiger partial charge on any atom is -0.480 e. The second-order valence-corrected chi connectivity index (χ2v) is 5.35. The van der Waals surface area contributed by atoms with Gasteiger partial charge in [-0.15, -0.1) is 0 Å². The molecule has 2 rings (SSSR count). The molecule has 0 atom stereocenters. The van der Waals surface area contributed by atoms with Crippen LogP contribution in [0.2, 0.25) is 0 Å². The number of rotatable bonds is 5. The molecule has 0 aromatic heterocycles. The summed E-state index contributed by atoms with van der Waals surface area (Å²) in [5.74, 6) is -1.28. The summed E-state index contributed by atoms with van der Waals surface area (Å²) in [5, 5.41) is 14.5. The number of halogens is 1. The third-order valence-electron chi connectivity index (χ3n) is 3.83. The highest BCUT2D eigenvalue weighted by Crippen LogP contribution is 2.29. The molecule has 6 heteroatoms. The molecule has 1 aliphatic carbocycles. The van der Waals surface area contributed by atoms with Crippen LogP contribution in [-0.2, 0) is 11.2 Å². The molecule has 0 spiro atoms. The Morgan fingerprint density at radius 3 is 2.38 bits per heavy atom. The molecule has 114 valence electrons. The number of carbonyl (C=O) groups excluding carboxylic acids is 1. The number of carbonyl (C=O) groups is 2. The summed E-state index contributed by atoms with van der Waals surface area (Å²) in [4.78, 5) is 23.1. The van der Waals surface area contributed by atoms with E-state index in [-0.39, 0.29) is 5.82 Å². The van der Waals surface area contributed by atoms with E-state index in [4.69, 9.17) is 0 Å². The van der Waals surface area contributed by atoms with Gasteiger partial charge in [-0.1, -0.05) is 25.0 Å². The van der Waals surface area contributed by atoms with E-state index in [0.717, 1.165) is 18.4 Å². The van der Waals surface area contributed by atoms with Crippen LogP contribution in [0.1, 0.15) is 31.2 Å². The van der Waals surface area contributed by atoms with E-state index in [0.29, 0.717) is 25.8 Å². The van der Waals surface area contributed by atoms with Crippen LogP contribution in [0.4, 0.5) is 9.18 Å². The molecule has 0 aliphatic heterocycles. The maximum atomic E-state index is 12.7. The number of carboxylic acid groups (broad SMARTS) is 1. The summed E-state index contributed by atoms with van der Waals surface area (Å²) in [5.41, 5.74) is -0.217. The molecule has 1 aliphatic rings. The Kier molecular flexibility index (Phi) is 4.77. The van der Waals surface area contributed by atoms with Gasteiger partial charge in [-0.05, 0) is 37.0 Å².